The van der Waals surface area contributed by atoms with Crippen LogP contribution in [-0.4, -0.2) is 102 Å². The highest BCUT2D eigenvalue weighted by Gasteiger charge is 2.31. The Morgan fingerprint density at radius 3 is 1.98 bits per heavy atom. The quantitative estimate of drug-likeness (QED) is 0.126. The molecule has 0 bridgehead atoms. The van der Waals surface area contributed by atoms with Crippen molar-refractivity contribution in [2.45, 2.75) is 31.8 Å². The number of anilines is 2. The monoisotopic (exact) mass is 640 g/mol. The van der Waals surface area contributed by atoms with Crippen LogP contribution < -0.4 is 10.6 Å². The first-order valence-corrected chi connectivity index (χ1v) is 15.5. The van der Waals surface area contributed by atoms with Crippen molar-refractivity contribution in [2.24, 2.45) is 0 Å². The van der Waals surface area contributed by atoms with E-state index in [-0.39, 0.29) is 50.3 Å². The third kappa shape index (κ3) is 13.0. The molecule has 2 unspecified atom stereocenters. The minimum Gasteiger partial charge on any atom is -0.438 e. The predicted octanol–water partition coefficient (Wildman–Crippen LogP) is 2.80. The van der Waals surface area contributed by atoms with Crippen molar-refractivity contribution in [2.75, 3.05) is 70.8 Å². The molecular formula is C29H40N2O12S. The number of hydrogen-bond acceptors (Lipinski definition) is 11. The largest absolute Gasteiger partial charge is 0.508 e. The van der Waals surface area contributed by atoms with Gasteiger partial charge in [0, 0.05) is 44.2 Å². The number of amides is 2. The summed E-state index contributed by atoms with van der Waals surface area (Å²) < 4.78 is 51.6. The van der Waals surface area contributed by atoms with Gasteiger partial charge in [0.15, 0.2) is 0 Å². The summed E-state index contributed by atoms with van der Waals surface area (Å²) in [4.78, 5) is 36.5. The van der Waals surface area contributed by atoms with Crippen LogP contribution in [0.15, 0.2) is 36.4 Å². The summed E-state index contributed by atoms with van der Waals surface area (Å²) in [5, 5.41) is 14.7. The Hall–Kier alpha value is -3.60. The number of fused-ring (bicyclic) bond motifs is 3. The second-order valence-electron chi connectivity index (χ2n) is 9.78. The van der Waals surface area contributed by atoms with Gasteiger partial charge in [-0.3, -0.25) is 14.1 Å². The third-order valence-corrected chi connectivity index (χ3v) is 6.15. The van der Waals surface area contributed by atoms with Gasteiger partial charge in [0.05, 0.1) is 19.5 Å². The second-order valence-corrected chi connectivity index (χ2v) is 11.3. The van der Waals surface area contributed by atoms with E-state index in [1.165, 1.54) is 7.11 Å². The summed E-state index contributed by atoms with van der Waals surface area (Å²) in [6, 6.07) is 11.1. The fraction of sp³-hybridized carbons (Fsp3) is 0.483. The highest BCUT2D eigenvalue weighted by atomic mass is 32.2. The van der Waals surface area contributed by atoms with E-state index in [2.05, 4.69) is 15.4 Å². The summed E-state index contributed by atoms with van der Waals surface area (Å²) in [6.07, 6.45) is 0.801. The Morgan fingerprint density at radius 2 is 1.48 bits per heavy atom. The molecule has 3 rings (SSSR count). The van der Waals surface area contributed by atoms with Gasteiger partial charge in [-0.15, -0.1) is 0 Å². The van der Waals surface area contributed by atoms with E-state index < -0.39 is 16.3 Å². The van der Waals surface area contributed by atoms with Crippen molar-refractivity contribution in [3.05, 3.63) is 47.5 Å². The summed E-state index contributed by atoms with van der Waals surface area (Å²) in [5.74, 6) is -0.966. The third-order valence-electron chi connectivity index (χ3n) is 6.15. The standard InChI is InChI=1S/C28H36N2O9.CH4O3S/c1-18(9-10-31)38-17-27(33)30-20-6-8-22-21-7-5-19(29-26(32)16-37-12-4-11-35-2)13-23(21)25(24(22)14-20)15-39-28(34)36-3;1-5(2,3)4/h5-8,13-14,18,25,31H,4,9-12,15-17H2,1-3H3,(H,29,32)(H,30,33);1H3,(H,2,3,4). The van der Waals surface area contributed by atoms with E-state index in [0.717, 1.165) is 22.3 Å². The first-order chi connectivity index (χ1) is 20.9. The van der Waals surface area contributed by atoms with Crippen molar-refractivity contribution in [3.63, 3.8) is 0 Å². The summed E-state index contributed by atoms with van der Waals surface area (Å²) in [6.45, 7) is 2.53. The molecule has 0 aromatic heterocycles. The van der Waals surface area contributed by atoms with Gasteiger partial charge in [-0.25, -0.2) is 4.79 Å². The van der Waals surface area contributed by atoms with Crippen LogP contribution in [0, 0.1) is 0 Å². The van der Waals surface area contributed by atoms with E-state index >= 15 is 0 Å². The van der Waals surface area contributed by atoms with Crippen LogP contribution in [0.3, 0.4) is 0 Å². The predicted molar refractivity (Wildman–Crippen MR) is 161 cm³/mol. The lowest BCUT2D eigenvalue weighted by Crippen LogP contribution is -2.22. The molecule has 0 radical (unpaired) electrons. The maximum absolute atomic E-state index is 12.4. The molecule has 14 nitrogen and oxygen atoms in total. The van der Waals surface area contributed by atoms with Crippen molar-refractivity contribution >= 4 is 39.5 Å². The smallest absolute Gasteiger partial charge is 0.438 e. The van der Waals surface area contributed by atoms with Gasteiger partial charge in [0.1, 0.15) is 19.8 Å². The lowest BCUT2D eigenvalue weighted by Gasteiger charge is -2.16. The maximum Gasteiger partial charge on any atom is 0.508 e. The zero-order valence-electron chi connectivity index (χ0n) is 25.2. The van der Waals surface area contributed by atoms with E-state index in [0.29, 0.717) is 43.7 Å². The van der Waals surface area contributed by atoms with Gasteiger partial charge in [-0.1, -0.05) is 12.1 Å². The molecular weight excluding hydrogens is 600 g/mol. The minimum atomic E-state index is -3.67. The average Bonchev–Trinajstić information content (AvgIpc) is 3.25. The molecule has 15 heteroatoms. The van der Waals surface area contributed by atoms with Crippen molar-refractivity contribution < 1.29 is 56.1 Å². The molecule has 0 saturated carbocycles. The molecule has 0 aliphatic heterocycles. The molecule has 1 aliphatic rings. The van der Waals surface area contributed by atoms with Crippen molar-refractivity contribution in [1.82, 2.24) is 0 Å². The van der Waals surface area contributed by atoms with Crippen LogP contribution >= 0.6 is 0 Å². The summed E-state index contributed by atoms with van der Waals surface area (Å²) in [5.41, 5.74) is 4.71. The molecule has 244 valence electrons. The Labute approximate surface area is 256 Å². The number of carbonyl (C=O) groups is 3. The van der Waals surface area contributed by atoms with Crippen LogP contribution in [0.25, 0.3) is 11.1 Å². The Kier molecular flexibility index (Phi) is 15.2. The Morgan fingerprint density at radius 1 is 0.932 bits per heavy atom. The highest BCUT2D eigenvalue weighted by molar-refractivity contribution is 7.85. The number of carbonyl (C=O) groups excluding carboxylic acids is 3. The number of methoxy groups -OCH3 is 2. The maximum atomic E-state index is 12.4. The van der Waals surface area contributed by atoms with Crippen LogP contribution in [0.2, 0.25) is 0 Å². The first kappa shape index (κ1) is 36.6. The zero-order chi connectivity index (χ0) is 32.7. The minimum absolute atomic E-state index is 0.00582. The molecule has 0 heterocycles. The molecule has 44 heavy (non-hydrogen) atoms. The van der Waals surface area contributed by atoms with Crippen molar-refractivity contribution in [3.8, 4) is 11.1 Å². The van der Waals surface area contributed by atoms with E-state index in [9.17, 15) is 22.8 Å². The SMILES string of the molecule is COCCCOCC(=O)Nc1ccc2c(c1)C(COC(=O)OC)c1cc(NC(=O)COC(C)CCO)ccc1-2.CS(=O)(=O)O. The molecule has 2 amide bonds. The lowest BCUT2D eigenvalue weighted by molar-refractivity contribution is -0.122. The van der Waals surface area contributed by atoms with Crippen LogP contribution in [0.5, 0.6) is 0 Å². The Bertz CT molecular complexity index is 1360. The van der Waals surface area contributed by atoms with Gasteiger partial charge in [-0.05, 0) is 66.3 Å². The van der Waals surface area contributed by atoms with E-state index in [1.54, 1.807) is 26.2 Å². The number of aliphatic hydroxyl groups excluding tert-OH is 1. The summed E-state index contributed by atoms with van der Waals surface area (Å²) >= 11 is 0. The van der Waals surface area contributed by atoms with Gasteiger partial charge in [0.2, 0.25) is 11.8 Å². The molecule has 0 saturated heterocycles. The van der Waals surface area contributed by atoms with Gasteiger partial charge in [-0.2, -0.15) is 8.42 Å². The molecule has 4 N–H and O–H groups in total. The van der Waals surface area contributed by atoms with Crippen LogP contribution in [0.4, 0.5) is 16.2 Å². The lowest BCUT2D eigenvalue weighted by atomic mass is 9.97. The zero-order valence-corrected chi connectivity index (χ0v) is 26.0. The number of aliphatic hydroxyl groups is 1. The van der Waals surface area contributed by atoms with Crippen LogP contribution in [-0.2, 0) is 43.4 Å². The number of nitrogens with one attached hydrogen (secondary N) is 2. The highest BCUT2D eigenvalue weighted by Crippen LogP contribution is 2.46. The normalized spacial score (nSPS) is 13.9. The molecule has 0 spiro atoms. The van der Waals surface area contributed by atoms with Gasteiger partial charge < -0.3 is 39.4 Å². The average molecular weight is 641 g/mol. The number of hydrogen-bond donors (Lipinski definition) is 4. The summed E-state index contributed by atoms with van der Waals surface area (Å²) in [7, 11) is -0.821. The van der Waals surface area contributed by atoms with Crippen LogP contribution in [0.1, 0.15) is 36.8 Å². The molecule has 2 atom stereocenters. The topological polar surface area (TPSA) is 196 Å². The number of rotatable bonds is 15. The second kappa shape index (κ2) is 18.3. The Balaban J connectivity index is 0.00000125. The molecule has 2 aromatic rings. The molecule has 1 aliphatic carbocycles. The number of ether oxygens (including phenoxy) is 5. The van der Waals surface area contributed by atoms with Gasteiger partial charge in [0.25, 0.3) is 10.1 Å². The van der Waals surface area contributed by atoms with E-state index in [4.69, 9.17) is 28.6 Å². The molecule has 2 aromatic carbocycles. The van der Waals surface area contributed by atoms with Gasteiger partial charge >= 0.3 is 6.16 Å². The number of benzene rings is 2. The first-order valence-electron chi connectivity index (χ1n) is 13.7. The van der Waals surface area contributed by atoms with Crippen molar-refractivity contribution in [1.29, 1.82) is 0 Å². The fourth-order valence-corrected chi connectivity index (χ4v) is 4.25. The fourth-order valence-electron chi connectivity index (χ4n) is 4.25. The molecule has 0 fully saturated rings. The van der Waals surface area contributed by atoms with E-state index in [1.807, 2.05) is 24.3 Å².